The van der Waals surface area contributed by atoms with E-state index in [0.717, 1.165) is 25.8 Å². The second-order valence-electron chi connectivity index (χ2n) is 5.89. The van der Waals surface area contributed by atoms with E-state index in [1.807, 2.05) is 4.90 Å². The van der Waals surface area contributed by atoms with E-state index < -0.39 is 11.0 Å². The standard InChI is InChI=1S/C16H23N3O4/c1-11-6-4-5-9-18(11)16(20)12(2)17-13-7-8-14(19(21)22)15(10-13)23-3/h7-8,10-12,17H,4-6,9H2,1-3H3. The molecule has 1 N–H and O–H groups in total. The third-order valence-corrected chi connectivity index (χ3v) is 4.22. The molecule has 126 valence electrons. The van der Waals surface area contributed by atoms with Crippen molar-refractivity contribution in [3.8, 4) is 5.75 Å². The van der Waals surface area contributed by atoms with Crippen molar-refractivity contribution in [2.24, 2.45) is 0 Å². The zero-order chi connectivity index (χ0) is 17.0. The molecule has 1 aliphatic heterocycles. The van der Waals surface area contributed by atoms with Crippen LogP contribution < -0.4 is 10.1 Å². The Balaban J connectivity index is 2.08. The zero-order valence-electron chi connectivity index (χ0n) is 13.7. The Kier molecular flexibility index (Phi) is 5.41. The minimum atomic E-state index is -0.493. The number of ether oxygens (including phenoxy) is 1. The molecule has 0 aliphatic carbocycles. The zero-order valence-corrected chi connectivity index (χ0v) is 13.7. The Morgan fingerprint density at radius 1 is 1.48 bits per heavy atom. The first-order valence-corrected chi connectivity index (χ1v) is 7.83. The van der Waals surface area contributed by atoms with Crippen LogP contribution in [-0.2, 0) is 4.79 Å². The summed E-state index contributed by atoms with van der Waals surface area (Å²) in [5, 5.41) is 14.0. The number of piperidine rings is 1. The number of anilines is 1. The molecule has 1 fully saturated rings. The second-order valence-corrected chi connectivity index (χ2v) is 5.89. The lowest BCUT2D eigenvalue weighted by Crippen LogP contribution is -2.48. The van der Waals surface area contributed by atoms with E-state index in [-0.39, 0.29) is 23.4 Å². The van der Waals surface area contributed by atoms with E-state index in [4.69, 9.17) is 4.74 Å². The molecule has 0 bridgehead atoms. The maximum atomic E-state index is 12.6. The predicted molar refractivity (Wildman–Crippen MR) is 87.8 cm³/mol. The van der Waals surface area contributed by atoms with Gasteiger partial charge in [0, 0.05) is 30.4 Å². The van der Waals surface area contributed by atoms with Crippen LogP contribution >= 0.6 is 0 Å². The van der Waals surface area contributed by atoms with Gasteiger partial charge in [0.25, 0.3) is 0 Å². The fourth-order valence-electron chi connectivity index (χ4n) is 2.90. The van der Waals surface area contributed by atoms with Crippen molar-refractivity contribution in [3.05, 3.63) is 28.3 Å². The van der Waals surface area contributed by atoms with E-state index in [0.29, 0.717) is 5.69 Å². The monoisotopic (exact) mass is 321 g/mol. The Morgan fingerprint density at radius 3 is 2.83 bits per heavy atom. The van der Waals surface area contributed by atoms with Gasteiger partial charge in [-0.15, -0.1) is 0 Å². The first-order chi connectivity index (χ1) is 10.9. The number of hydrogen-bond acceptors (Lipinski definition) is 5. The average molecular weight is 321 g/mol. The molecule has 0 saturated carbocycles. The number of carbonyl (C=O) groups excluding carboxylic acids is 1. The molecule has 0 spiro atoms. The van der Waals surface area contributed by atoms with Gasteiger partial charge in [-0.3, -0.25) is 14.9 Å². The normalized spacial score (nSPS) is 19.1. The molecule has 2 atom stereocenters. The first kappa shape index (κ1) is 17.1. The molecule has 1 aromatic carbocycles. The molecule has 2 rings (SSSR count). The third-order valence-electron chi connectivity index (χ3n) is 4.22. The molecule has 1 saturated heterocycles. The van der Waals surface area contributed by atoms with Gasteiger partial charge in [-0.25, -0.2) is 0 Å². The lowest BCUT2D eigenvalue weighted by atomic mass is 10.0. The predicted octanol–water partition coefficient (Wildman–Crippen LogP) is 2.80. The van der Waals surface area contributed by atoms with Crippen molar-refractivity contribution in [1.29, 1.82) is 0 Å². The second kappa shape index (κ2) is 7.30. The summed E-state index contributed by atoms with van der Waals surface area (Å²) in [6.07, 6.45) is 3.23. The van der Waals surface area contributed by atoms with Crippen LogP contribution in [0, 0.1) is 10.1 Å². The number of likely N-dealkylation sites (tertiary alicyclic amines) is 1. The van der Waals surface area contributed by atoms with Crippen LogP contribution in [0.5, 0.6) is 5.75 Å². The highest BCUT2D eigenvalue weighted by Crippen LogP contribution is 2.30. The van der Waals surface area contributed by atoms with Crippen LogP contribution in [0.1, 0.15) is 33.1 Å². The summed E-state index contributed by atoms with van der Waals surface area (Å²) in [6, 6.07) is 4.36. The van der Waals surface area contributed by atoms with E-state index >= 15 is 0 Å². The Labute approximate surface area is 135 Å². The fraction of sp³-hybridized carbons (Fsp3) is 0.562. The van der Waals surface area contributed by atoms with Gasteiger partial charge in [-0.2, -0.15) is 0 Å². The minimum Gasteiger partial charge on any atom is -0.490 e. The number of carbonyl (C=O) groups is 1. The van der Waals surface area contributed by atoms with Gasteiger partial charge in [-0.05, 0) is 39.2 Å². The summed E-state index contributed by atoms with van der Waals surface area (Å²) in [5.74, 6) is 0.223. The molecule has 1 amide bonds. The van der Waals surface area contributed by atoms with Gasteiger partial charge in [-0.1, -0.05) is 0 Å². The number of nitro benzene ring substituents is 1. The number of benzene rings is 1. The largest absolute Gasteiger partial charge is 0.490 e. The summed E-state index contributed by atoms with van der Waals surface area (Å²) >= 11 is 0. The SMILES string of the molecule is COc1cc(NC(C)C(=O)N2CCCCC2C)ccc1[N+](=O)[O-]. The van der Waals surface area contributed by atoms with Gasteiger partial charge in [0.1, 0.15) is 6.04 Å². The van der Waals surface area contributed by atoms with Crippen molar-refractivity contribution in [2.75, 3.05) is 19.0 Å². The number of nitro groups is 1. The van der Waals surface area contributed by atoms with Crippen molar-refractivity contribution in [1.82, 2.24) is 4.90 Å². The van der Waals surface area contributed by atoms with E-state index in [2.05, 4.69) is 12.2 Å². The van der Waals surface area contributed by atoms with Gasteiger partial charge in [0.2, 0.25) is 5.91 Å². The summed E-state index contributed by atoms with van der Waals surface area (Å²) < 4.78 is 5.05. The number of nitrogens with zero attached hydrogens (tertiary/aromatic N) is 2. The molecule has 1 aromatic rings. The smallest absolute Gasteiger partial charge is 0.311 e. The molecule has 0 aromatic heterocycles. The Hall–Kier alpha value is -2.31. The topological polar surface area (TPSA) is 84.7 Å². The van der Waals surface area contributed by atoms with Gasteiger partial charge < -0.3 is 15.0 Å². The maximum absolute atomic E-state index is 12.6. The molecule has 2 unspecified atom stereocenters. The summed E-state index contributed by atoms with van der Waals surface area (Å²) in [6.45, 7) is 4.66. The van der Waals surface area contributed by atoms with Crippen molar-refractivity contribution in [2.45, 2.75) is 45.2 Å². The minimum absolute atomic E-state index is 0.0505. The molecule has 1 heterocycles. The van der Waals surface area contributed by atoms with Crippen LogP contribution in [-0.4, -0.2) is 41.5 Å². The summed E-state index contributed by atoms with van der Waals surface area (Å²) in [5.41, 5.74) is 0.527. The molecule has 1 aliphatic rings. The summed E-state index contributed by atoms with van der Waals surface area (Å²) in [4.78, 5) is 24.9. The number of nitrogens with one attached hydrogen (secondary N) is 1. The molecule has 0 radical (unpaired) electrons. The number of rotatable bonds is 5. The van der Waals surface area contributed by atoms with E-state index in [1.165, 1.54) is 13.2 Å². The highest BCUT2D eigenvalue weighted by molar-refractivity contribution is 5.84. The molecular formula is C16H23N3O4. The van der Waals surface area contributed by atoms with Crippen LogP contribution in [0.3, 0.4) is 0 Å². The number of amides is 1. The maximum Gasteiger partial charge on any atom is 0.311 e. The fourth-order valence-corrected chi connectivity index (χ4v) is 2.90. The Bertz CT molecular complexity index is 591. The first-order valence-electron chi connectivity index (χ1n) is 7.83. The van der Waals surface area contributed by atoms with Gasteiger partial charge >= 0.3 is 5.69 Å². The molecular weight excluding hydrogens is 298 g/mol. The lowest BCUT2D eigenvalue weighted by molar-refractivity contribution is -0.385. The Morgan fingerprint density at radius 2 is 2.22 bits per heavy atom. The van der Waals surface area contributed by atoms with Crippen LogP contribution in [0.15, 0.2) is 18.2 Å². The van der Waals surface area contributed by atoms with Crippen molar-refractivity contribution < 1.29 is 14.5 Å². The number of hydrogen-bond donors (Lipinski definition) is 1. The van der Waals surface area contributed by atoms with Gasteiger partial charge in [0.15, 0.2) is 5.75 Å². The highest BCUT2D eigenvalue weighted by atomic mass is 16.6. The average Bonchev–Trinajstić information content (AvgIpc) is 2.54. The number of methoxy groups -OCH3 is 1. The van der Waals surface area contributed by atoms with E-state index in [1.54, 1.807) is 19.1 Å². The van der Waals surface area contributed by atoms with Crippen LogP contribution in [0.25, 0.3) is 0 Å². The van der Waals surface area contributed by atoms with Crippen LogP contribution in [0.2, 0.25) is 0 Å². The van der Waals surface area contributed by atoms with Gasteiger partial charge in [0.05, 0.1) is 12.0 Å². The highest BCUT2D eigenvalue weighted by Gasteiger charge is 2.27. The molecule has 7 heteroatoms. The van der Waals surface area contributed by atoms with Crippen LogP contribution in [0.4, 0.5) is 11.4 Å². The molecule has 7 nitrogen and oxygen atoms in total. The third kappa shape index (κ3) is 3.91. The van der Waals surface area contributed by atoms with Crippen molar-refractivity contribution >= 4 is 17.3 Å². The quantitative estimate of drug-likeness (QED) is 0.666. The molecule has 23 heavy (non-hydrogen) atoms. The summed E-state index contributed by atoms with van der Waals surface area (Å²) in [7, 11) is 1.39. The van der Waals surface area contributed by atoms with E-state index in [9.17, 15) is 14.9 Å². The lowest BCUT2D eigenvalue weighted by Gasteiger charge is -2.35. The van der Waals surface area contributed by atoms with Crippen molar-refractivity contribution in [3.63, 3.8) is 0 Å².